The Morgan fingerprint density at radius 1 is 1.23 bits per heavy atom. The Morgan fingerprint density at radius 3 is 2.92 bits per heavy atom. The molecule has 0 aliphatic heterocycles. The second-order valence-corrected chi connectivity index (χ2v) is 3.91. The third kappa shape index (κ3) is 2.02. The first-order valence-corrected chi connectivity index (χ1v) is 5.46. The van der Waals surface area contributed by atoms with Crippen molar-refractivity contribution < 1.29 is 0 Å². The number of hydrogen-bond acceptors (Lipinski definition) is 1. The highest BCUT2D eigenvalue weighted by Gasteiger charge is 2.08. The summed E-state index contributed by atoms with van der Waals surface area (Å²) in [5, 5.41) is 0. The Bertz CT molecular complexity index is 296. The van der Waals surface area contributed by atoms with Gasteiger partial charge in [0, 0.05) is 17.8 Å². The zero-order valence-electron chi connectivity index (χ0n) is 7.72. The lowest BCUT2D eigenvalue weighted by Gasteiger charge is -2.05. The van der Waals surface area contributed by atoms with Crippen molar-refractivity contribution in [1.29, 1.82) is 0 Å². The van der Waals surface area contributed by atoms with Gasteiger partial charge in [0.05, 0.1) is 0 Å². The van der Waals surface area contributed by atoms with Crippen molar-refractivity contribution in [3.63, 3.8) is 0 Å². The molecule has 0 spiro atoms. The van der Waals surface area contributed by atoms with E-state index >= 15 is 0 Å². The molecule has 0 amide bonds. The average Bonchev–Trinajstić information content (AvgIpc) is 2.41. The summed E-state index contributed by atoms with van der Waals surface area (Å²) in [6, 6.07) is 2.22. The summed E-state index contributed by atoms with van der Waals surface area (Å²) in [6.07, 6.45) is 8.19. The minimum atomic E-state index is 0.584. The van der Waals surface area contributed by atoms with Crippen LogP contribution in [0.1, 0.15) is 36.1 Å². The van der Waals surface area contributed by atoms with E-state index in [-0.39, 0.29) is 0 Å². The quantitative estimate of drug-likeness (QED) is 0.496. The van der Waals surface area contributed by atoms with Crippen molar-refractivity contribution in [1.82, 2.24) is 4.98 Å². The molecule has 0 atom stereocenters. The standard InChI is InChI=1S/C11H14ClN/c12-7-9-6-10-4-2-1-3-5-11(10)13-8-9/h6,8H,1-5,7H2. The summed E-state index contributed by atoms with van der Waals surface area (Å²) in [4.78, 5) is 4.47. The second kappa shape index (κ2) is 4.10. The van der Waals surface area contributed by atoms with Gasteiger partial charge in [-0.1, -0.05) is 12.5 Å². The van der Waals surface area contributed by atoms with Crippen molar-refractivity contribution in [3.8, 4) is 0 Å². The van der Waals surface area contributed by atoms with Gasteiger partial charge in [-0.05, 0) is 36.8 Å². The van der Waals surface area contributed by atoms with Crippen LogP contribution >= 0.6 is 11.6 Å². The van der Waals surface area contributed by atoms with Crippen LogP contribution in [0.15, 0.2) is 12.3 Å². The number of aryl methyl sites for hydroxylation is 2. The first kappa shape index (κ1) is 9.01. The molecule has 13 heavy (non-hydrogen) atoms. The van der Waals surface area contributed by atoms with Crippen LogP contribution in [0.3, 0.4) is 0 Å². The maximum absolute atomic E-state index is 5.77. The fourth-order valence-electron chi connectivity index (χ4n) is 1.89. The van der Waals surface area contributed by atoms with Gasteiger partial charge in [-0.15, -0.1) is 11.6 Å². The number of alkyl halides is 1. The number of hydrogen-bond donors (Lipinski definition) is 0. The molecule has 0 fully saturated rings. The van der Waals surface area contributed by atoms with Gasteiger partial charge in [-0.25, -0.2) is 0 Å². The number of nitrogens with zero attached hydrogens (tertiary/aromatic N) is 1. The van der Waals surface area contributed by atoms with Gasteiger partial charge in [0.2, 0.25) is 0 Å². The van der Waals surface area contributed by atoms with Gasteiger partial charge in [0.25, 0.3) is 0 Å². The summed E-state index contributed by atoms with van der Waals surface area (Å²) < 4.78 is 0. The van der Waals surface area contributed by atoms with E-state index in [1.807, 2.05) is 6.20 Å². The van der Waals surface area contributed by atoms with Crippen LogP contribution in [-0.4, -0.2) is 4.98 Å². The van der Waals surface area contributed by atoms with Crippen molar-refractivity contribution in [2.75, 3.05) is 0 Å². The monoisotopic (exact) mass is 195 g/mol. The predicted octanol–water partition coefficient (Wildman–Crippen LogP) is 3.09. The molecule has 0 saturated carbocycles. The molecule has 0 aromatic carbocycles. The van der Waals surface area contributed by atoms with Crippen LogP contribution in [-0.2, 0) is 18.7 Å². The molecule has 0 saturated heterocycles. The molecule has 1 aliphatic carbocycles. The lowest BCUT2D eigenvalue weighted by Crippen LogP contribution is -1.96. The summed E-state index contributed by atoms with van der Waals surface area (Å²) in [5.74, 6) is 0.584. The van der Waals surface area contributed by atoms with Crippen LogP contribution in [0.25, 0.3) is 0 Å². The van der Waals surface area contributed by atoms with E-state index in [0.29, 0.717) is 5.88 Å². The van der Waals surface area contributed by atoms with Gasteiger partial charge in [-0.3, -0.25) is 4.98 Å². The summed E-state index contributed by atoms with van der Waals surface area (Å²) >= 11 is 5.77. The molecule has 1 aromatic heterocycles. The van der Waals surface area contributed by atoms with Crippen molar-refractivity contribution in [2.24, 2.45) is 0 Å². The van der Waals surface area contributed by atoms with Crippen molar-refractivity contribution >= 4 is 11.6 Å². The molecular formula is C11H14ClN. The number of aromatic nitrogens is 1. The Morgan fingerprint density at radius 2 is 2.08 bits per heavy atom. The van der Waals surface area contributed by atoms with E-state index in [4.69, 9.17) is 11.6 Å². The van der Waals surface area contributed by atoms with E-state index in [9.17, 15) is 0 Å². The first-order valence-electron chi connectivity index (χ1n) is 4.93. The molecule has 2 rings (SSSR count). The largest absolute Gasteiger partial charge is 0.261 e. The maximum Gasteiger partial charge on any atom is 0.0489 e. The maximum atomic E-state index is 5.77. The molecule has 1 heterocycles. The van der Waals surface area contributed by atoms with E-state index in [0.717, 1.165) is 12.0 Å². The number of fused-ring (bicyclic) bond motifs is 1. The number of halogens is 1. The van der Waals surface area contributed by atoms with Gasteiger partial charge < -0.3 is 0 Å². The van der Waals surface area contributed by atoms with Gasteiger partial charge in [0.1, 0.15) is 0 Å². The molecule has 0 radical (unpaired) electrons. The highest BCUT2D eigenvalue weighted by molar-refractivity contribution is 6.17. The van der Waals surface area contributed by atoms with Crippen LogP contribution in [0.2, 0.25) is 0 Å². The van der Waals surface area contributed by atoms with Gasteiger partial charge >= 0.3 is 0 Å². The van der Waals surface area contributed by atoms with Gasteiger partial charge in [0.15, 0.2) is 0 Å². The molecule has 1 nitrogen and oxygen atoms in total. The molecule has 70 valence electrons. The number of pyridine rings is 1. The van der Waals surface area contributed by atoms with Gasteiger partial charge in [-0.2, -0.15) is 0 Å². The Labute approximate surface area is 84.1 Å². The first-order chi connectivity index (χ1) is 6.40. The zero-order valence-corrected chi connectivity index (χ0v) is 8.48. The van der Waals surface area contributed by atoms with Crippen LogP contribution < -0.4 is 0 Å². The molecule has 1 aliphatic rings. The predicted molar refractivity (Wildman–Crippen MR) is 55.1 cm³/mol. The highest BCUT2D eigenvalue weighted by Crippen LogP contribution is 2.20. The highest BCUT2D eigenvalue weighted by atomic mass is 35.5. The Hall–Kier alpha value is -0.560. The van der Waals surface area contributed by atoms with Crippen LogP contribution in [0.5, 0.6) is 0 Å². The third-order valence-electron chi connectivity index (χ3n) is 2.63. The topological polar surface area (TPSA) is 12.9 Å². The average molecular weight is 196 g/mol. The molecule has 1 aromatic rings. The lowest BCUT2D eigenvalue weighted by atomic mass is 10.1. The Balaban J connectivity index is 2.32. The second-order valence-electron chi connectivity index (χ2n) is 3.64. The molecule has 0 N–H and O–H groups in total. The SMILES string of the molecule is ClCc1cnc2c(c1)CCCCC2. The minimum absolute atomic E-state index is 0.584. The molecule has 0 unspecified atom stereocenters. The minimum Gasteiger partial charge on any atom is -0.261 e. The normalized spacial score (nSPS) is 16.4. The zero-order chi connectivity index (χ0) is 9.10. The number of rotatable bonds is 1. The van der Waals surface area contributed by atoms with E-state index < -0.39 is 0 Å². The molecular weight excluding hydrogens is 182 g/mol. The lowest BCUT2D eigenvalue weighted by molar-refractivity contribution is 0.708. The van der Waals surface area contributed by atoms with E-state index in [1.54, 1.807) is 0 Å². The summed E-state index contributed by atoms with van der Waals surface area (Å²) in [5.41, 5.74) is 3.88. The Kier molecular flexibility index (Phi) is 2.84. The van der Waals surface area contributed by atoms with E-state index in [1.165, 1.54) is 36.9 Å². The van der Waals surface area contributed by atoms with Crippen molar-refractivity contribution in [2.45, 2.75) is 38.0 Å². The fourth-order valence-corrected chi connectivity index (χ4v) is 2.03. The van der Waals surface area contributed by atoms with Crippen LogP contribution in [0, 0.1) is 0 Å². The smallest absolute Gasteiger partial charge is 0.0489 e. The van der Waals surface area contributed by atoms with Crippen LogP contribution in [0.4, 0.5) is 0 Å². The molecule has 0 bridgehead atoms. The third-order valence-corrected chi connectivity index (χ3v) is 2.94. The summed E-state index contributed by atoms with van der Waals surface area (Å²) in [7, 11) is 0. The van der Waals surface area contributed by atoms with E-state index in [2.05, 4.69) is 11.1 Å². The molecule has 2 heteroatoms. The summed E-state index contributed by atoms with van der Waals surface area (Å²) in [6.45, 7) is 0. The fraction of sp³-hybridized carbons (Fsp3) is 0.545. The van der Waals surface area contributed by atoms with Crippen molar-refractivity contribution in [3.05, 3.63) is 29.1 Å².